The molecule has 2 aromatic heterocycles. The van der Waals surface area contributed by atoms with Crippen molar-refractivity contribution in [3.8, 4) is 0 Å². The van der Waals surface area contributed by atoms with Crippen LogP contribution >= 0.6 is 11.6 Å². The Balaban J connectivity index is 1.90. The molecule has 0 radical (unpaired) electrons. The van der Waals surface area contributed by atoms with Crippen LogP contribution in [0.1, 0.15) is 16.8 Å². The summed E-state index contributed by atoms with van der Waals surface area (Å²) in [4.78, 5) is 16.7. The minimum Gasteiger partial charge on any atom is -0.379 e. The fourth-order valence-electron chi connectivity index (χ4n) is 2.33. The molecule has 0 saturated heterocycles. The van der Waals surface area contributed by atoms with Gasteiger partial charge in [-0.05, 0) is 43.2 Å². The summed E-state index contributed by atoms with van der Waals surface area (Å²) in [6.07, 6.45) is 1.79. The van der Waals surface area contributed by atoms with Crippen LogP contribution in [0.4, 0.5) is 5.69 Å². The Morgan fingerprint density at radius 1 is 1.23 bits per heavy atom. The maximum absolute atomic E-state index is 12.2. The fraction of sp³-hybridized carbons (Fsp3) is 0.176. The van der Waals surface area contributed by atoms with Crippen molar-refractivity contribution in [2.24, 2.45) is 0 Å². The van der Waals surface area contributed by atoms with Gasteiger partial charge in [-0.25, -0.2) is 4.98 Å². The molecule has 1 N–H and O–H groups in total. The zero-order chi connectivity index (χ0) is 15.7. The van der Waals surface area contributed by atoms with Crippen LogP contribution in [-0.2, 0) is 6.54 Å². The summed E-state index contributed by atoms with van der Waals surface area (Å²) < 4.78 is 1.56. The molecular formula is C17H16ClN3O. The van der Waals surface area contributed by atoms with Crippen LogP contribution in [0.25, 0.3) is 5.65 Å². The molecule has 3 rings (SSSR count). The van der Waals surface area contributed by atoms with Gasteiger partial charge in [0.1, 0.15) is 5.65 Å². The number of rotatable bonds is 3. The van der Waals surface area contributed by atoms with Gasteiger partial charge in [-0.1, -0.05) is 23.7 Å². The Hall–Kier alpha value is -2.33. The second-order valence-corrected chi connectivity index (χ2v) is 5.69. The molecule has 0 saturated carbocycles. The van der Waals surface area contributed by atoms with Crippen molar-refractivity contribution in [3.05, 3.63) is 74.8 Å². The van der Waals surface area contributed by atoms with E-state index < -0.39 is 0 Å². The number of aryl methyl sites for hydroxylation is 1. The van der Waals surface area contributed by atoms with E-state index in [-0.39, 0.29) is 5.56 Å². The van der Waals surface area contributed by atoms with E-state index in [0.29, 0.717) is 22.9 Å². The predicted octanol–water partition coefficient (Wildman–Crippen LogP) is 3.58. The number of hydrogen-bond acceptors (Lipinski definition) is 3. The highest BCUT2D eigenvalue weighted by Gasteiger charge is 2.05. The third kappa shape index (κ3) is 2.83. The lowest BCUT2D eigenvalue weighted by atomic mass is 10.2. The molecule has 0 atom stereocenters. The van der Waals surface area contributed by atoms with Crippen LogP contribution in [0, 0.1) is 13.8 Å². The highest BCUT2D eigenvalue weighted by Crippen LogP contribution is 2.23. The average Bonchev–Trinajstić information content (AvgIpc) is 2.49. The highest BCUT2D eigenvalue weighted by atomic mass is 35.5. The number of halogens is 1. The summed E-state index contributed by atoms with van der Waals surface area (Å²) >= 11 is 6.10. The van der Waals surface area contributed by atoms with E-state index in [1.165, 1.54) is 0 Å². The lowest BCUT2D eigenvalue weighted by molar-refractivity contribution is 0.964. The monoisotopic (exact) mass is 313 g/mol. The molecule has 112 valence electrons. The average molecular weight is 314 g/mol. The van der Waals surface area contributed by atoms with Crippen molar-refractivity contribution < 1.29 is 0 Å². The molecule has 0 aliphatic heterocycles. The molecule has 0 aliphatic rings. The summed E-state index contributed by atoms with van der Waals surface area (Å²) in [6, 6.07) is 11.1. The Morgan fingerprint density at radius 2 is 2.05 bits per heavy atom. The molecule has 5 heteroatoms. The Bertz CT molecular complexity index is 902. The Labute approximate surface area is 133 Å². The smallest absolute Gasteiger partial charge is 0.258 e. The topological polar surface area (TPSA) is 46.4 Å². The van der Waals surface area contributed by atoms with Gasteiger partial charge in [-0.15, -0.1) is 0 Å². The van der Waals surface area contributed by atoms with Gasteiger partial charge in [0.2, 0.25) is 0 Å². The van der Waals surface area contributed by atoms with E-state index in [1.54, 1.807) is 16.7 Å². The Morgan fingerprint density at radius 3 is 2.86 bits per heavy atom. The molecular weight excluding hydrogens is 298 g/mol. The predicted molar refractivity (Wildman–Crippen MR) is 89.7 cm³/mol. The molecule has 4 nitrogen and oxygen atoms in total. The number of nitrogens with zero attached hydrogens (tertiary/aromatic N) is 2. The number of hydrogen-bond donors (Lipinski definition) is 1. The number of anilines is 1. The Kier molecular flexibility index (Phi) is 3.86. The van der Waals surface area contributed by atoms with E-state index in [1.807, 2.05) is 44.2 Å². The molecule has 0 spiro atoms. The minimum absolute atomic E-state index is 0.0756. The van der Waals surface area contributed by atoms with Crippen molar-refractivity contribution in [1.29, 1.82) is 0 Å². The van der Waals surface area contributed by atoms with Gasteiger partial charge in [0.05, 0.1) is 12.2 Å². The first-order valence-electron chi connectivity index (χ1n) is 7.02. The third-order valence-corrected chi connectivity index (χ3v) is 4.00. The maximum atomic E-state index is 12.2. The molecule has 0 aliphatic carbocycles. The molecule has 1 aromatic carbocycles. The maximum Gasteiger partial charge on any atom is 0.258 e. The van der Waals surface area contributed by atoms with E-state index >= 15 is 0 Å². The molecule has 0 bridgehead atoms. The van der Waals surface area contributed by atoms with Crippen molar-refractivity contribution in [2.45, 2.75) is 20.4 Å². The number of pyridine rings is 1. The quantitative estimate of drug-likeness (QED) is 0.804. The lowest BCUT2D eigenvalue weighted by Gasteiger charge is -2.11. The first kappa shape index (κ1) is 14.6. The SMILES string of the molecule is Cc1ccc2nc(CNc3cccc(Cl)c3C)cc(=O)n2c1. The number of benzene rings is 1. The van der Waals surface area contributed by atoms with E-state index in [0.717, 1.165) is 16.8 Å². The number of aromatic nitrogens is 2. The second-order valence-electron chi connectivity index (χ2n) is 5.29. The van der Waals surface area contributed by atoms with Crippen molar-refractivity contribution in [1.82, 2.24) is 9.38 Å². The van der Waals surface area contributed by atoms with Gasteiger partial charge in [0.25, 0.3) is 5.56 Å². The van der Waals surface area contributed by atoms with Crippen LogP contribution in [0.2, 0.25) is 5.02 Å². The van der Waals surface area contributed by atoms with Gasteiger partial charge in [0.15, 0.2) is 0 Å². The molecule has 3 aromatic rings. The first-order chi connectivity index (χ1) is 10.5. The molecule has 0 fully saturated rings. The summed E-state index contributed by atoms with van der Waals surface area (Å²) in [7, 11) is 0. The third-order valence-electron chi connectivity index (χ3n) is 3.59. The number of fused-ring (bicyclic) bond motifs is 1. The lowest BCUT2D eigenvalue weighted by Crippen LogP contribution is -2.17. The normalized spacial score (nSPS) is 10.9. The van der Waals surface area contributed by atoms with Crippen molar-refractivity contribution in [2.75, 3.05) is 5.32 Å². The van der Waals surface area contributed by atoms with Gasteiger partial charge in [0, 0.05) is 23.0 Å². The first-order valence-corrected chi connectivity index (χ1v) is 7.40. The van der Waals surface area contributed by atoms with Gasteiger partial charge < -0.3 is 5.32 Å². The van der Waals surface area contributed by atoms with E-state index in [9.17, 15) is 4.79 Å². The minimum atomic E-state index is -0.0756. The summed E-state index contributed by atoms with van der Waals surface area (Å²) in [6.45, 7) is 4.38. The van der Waals surface area contributed by atoms with E-state index in [2.05, 4.69) is 10.3 Å². The van der Waals surface area contributed by atoms with Gasteiger partial charge in [-0.3, -0.25) is 9.20 Å². The summed E-state index contributed by atoms with van der Waals surface area (Å²) in [5.74, 6) is 0. The molecule has 22 heavy (non-hydrogen) atoms. The van der Waals surface area contributed by atoms with Gasteiger partial charge >= 0.3 is 0 Å². The number of nitrogens with one attached hydrogen (secondary N) is 1. The standard InChI is InChI=1S/C17H16ClN3O/c1-11-6-7-16-20-13(8-17(22)21(16)10-11)9-19-15-5-3-4-14(18)12(15)2/h3-8,10,19H,9H2,1-2H3. The van der Waals surface area contributed by atoms with Crippen LogP contribution in [-0.4, -0.2) is 9.38 Å². The van der Waals surface area contributed by atoms with Crippen LogP contribution < -0.4 is 10.9 Å². The molecule has 0 unspecified atom stereocenters. The molecule has 2 heterocycles. The van der Waals surface area contributed by atoms with E-state index in [4.69, 9.17) is 11.6 Å². The second kappa shape index (κ2) is 5.81. The summed E-state index contributed by atoms with van der Waals surface area (Å²) in [5, 5.41) is 3.99. The van der Waals surface area contributed by atoms with Crippen LogP contribution in [0.15, 0.2) is 47.4 Å². The highest BCUT2D eigenvalue weighted by molar-refractivity contribution is 6.31. The zero-order valence-corrected chi connectivity index (χ0v) is 13.2. The fourth-order valence-corrected chi connectivity index (χ4v) is 2.51. The van der Waals surface area contributed by atoms with Crippen LogP contribution in [0.5, 0.6) is 0 Å². The van der Waals surface area contributed by atoms with Crippen molar-refractivity contribution in [3.63, 3.8) is 0 Å². The largest absolute Gasteiger partial charge is 0.379 e. The molecule has 0 amide bonds. The zero-order valence-electron chi connectivity index (χ0n) is 12.4. The van der Waals surface area contributed by atoms with Gasteiger partial charge in [-0.2, -0.15) is 0 Å². The summed E-state index contributed by atoms with van der Waals surface area (Å²) in [5.41, 5.74) is 4.23. The van der Waals surface area contributed by atoms with Crippen molar-refractivity contribution >= 4 is 22.9 Å². The van der Waals surface area contributed by atoms with Crippen LogP contribution in [0.3, 0.4) is 0 Å².